The Kier molecular flexibility index (Phi) is 6.90. The Balaban J connectivity index is 1.82. The van der Waals surface area contributed by atoms with Gasteiger partial charge in [-0.05, 0) is 51.8 Å². The van der Waals surface area contributed by atoms with Gasteiger partial charge in [-0.3, -0.25) is 4.79 Å². The van der Waals surface area contributed by atoms with Crippen LogP contribution in [0.1, 0.15) is 5.56 Å². The molecule has 7 heteroatoms. The van der Waals surface area contributed by atoms with Crippen molar-refractivity contribution in [2.45, 2.75) is 5.75 Å². The molecule has 0 radical (unpaired) electrons. The van der Waals surface area contributed by atoms with Gasteiger partial charge in [0.25, 0.3) is 0 Å². The van der Waals surface area contributed by atoms with Gasteiger partial charge in [-0.15, -0.1) is 11.8 Å². The number of thioether (sulfide) groups is 1. The Morgan fingerprint density at radius 3 is 2.50 bits per heavy atom. The van der Waals surface area contributed by atoms with E-state index in [1.165, 1.54) is 11.8 Å². The third-order valence-electron chi connectivity index (χ3n) is 2.69. The molecular formula is C15H11BrCl3NOS. The monoisotopic (exact) mass is 437 g/mol. The van der Waals surface area contributed by atoms with Crippen molar-refractivity contribution in [1.29, 1.82) is 0 Å². The molecule has 0 unspecified atom stereocenters. The van der Waals surface area contributed by atoms with E-state index in [4.69, 9.17) is 34.8 Å². The lowest BCUT2D eigenvalue weighted by Crippen LogP contribution is -2.14. The lowest BCUT2D eigenvalue weighted by molar-refractivity contribution is -0.113. The largest absolute Gasteiger partial charge is 0.325 e. The van der Waals surface area contributed by atoms with Crippen molar-refractivity contribution >= 4 is 74.1 Å². The van der Waals surface area contributed by atoms with Crippen LogP contribution in [-0.2, 0) is 10.5 Å². The molecule has 0 atom stereocenters. The van der Waals surface area contributed by atoms with Gasteiger partial charge in [-0.1, -0.05) is 40.9 Å². The van der Waals surface area contributed by atoms with Gasteiger partial charge in [-0.25, -0.2) is 0 Å². The summed E-state index contributed by atoms with van der Waals surface area (Å²) in [6.07, 6.45) is 0. The van der Waals surface area contributed by atoms with E-state index < -0.39 is 0 Å². The average Bonchev–Trinajstić information content (AvgIpc) is 2.47. The van der Waals surface area contributed by atoms with Crippen LogP contribution in [0.15, 0.2) is 40.9 Å². The van der Waals surface area contributed by atoms with Gasteiger partial charge in [0.15, 0.2) is 0 Å². The van der Waals surface area contributed by atoms with E-state index in [0.717, 1.165) is 10.0 Å². The highest BCUT2D eigenvalue weighted by molar-refractivity contribution is 9.10. The van der Waals surface area contributed by atoms with E-state index in [9.17, 15) is 4.79 Å². The molecule has 0 bridgehead atoms. The maximum Gasteiger partial charge on any atom is 0.234 e. The predicted molar refractivity (Wildman–Crippen MR) is 100 cm³/mol. The minimum absolute atomic E-state index is 0.0801. The Morgan fingerprint density at radius 2 is 1.82 bits per heavy atom. The second-order valence-corrected chi connectivity index (χ2v) is 7.48. The first-order valence-electron chi connectivity index (χ1n) is 6.22. The summed E-state index contributed by atoms with van der Waals surface area (Å²) in [6, 6.07) is 10.7. The fraction of sp³-hybridized carbons (Fsp3) is 0.133. The molecule has 0 aliphatic rings. The SMILES string of the molecule is O=C(CSCc1ccc(Cl)c(Cl)c1)Nc1ccc(Br)c(Cl)c1. The van der Waals surface area contributed by atoms with Gasteiger partial charge < -0.3 is 5.32 Å². The fourth-order valence-corrected chi connectivity index (χ4v) is 3.18. The molecular weight excluding hydrogens is 429 g/mol. The van der Waals surface area contributed by atoms with E-state index in [1.807, 2.05) is 12.1 Å². The van der Waals surface area contributed by atoms with E-state index in [1.54, 1.807) is 24.3 Å². The zero-order valence-electron chi connectivity index (χ0n) is 11.2. The van der Waals surface area contributed by atoms with Crippen LogP contribution >= 0.6 is 62.5 Å². The van der Waals surface area contributed by atoms with Crippen LogP contribution in [0.3, 0.4) is 0 Å². The third-order valence-corrected chi connectivity index (χ3v) is 5.66. The summed E-state index contributed by atoms with van der Waals surface area (Å²) in [7, 11) is 0. The lowest BCUT2D eigenvalue weighted by atomic mass is 10.2. The molecule has 2 aromatic carbocycles. The summed E-state index contributed by atoms with van der Waals surface area (Å²) < 4.78 is 0.793. The second kappa shape index (κ2) is 8.46. The molecule has 2 aromatic rings. The Morgan fingerprint density at radius 1 is 1.05 bits per heavy atom. The smallest absolute Gasteiger partial charge is 0.234 e. The number of nitrogens with one attached hydrogen (secondary N) is 1. The Labute approximate surface area is 156 Å². The molecule has 0 saturated carbocycles. The standard InChI is InChI=1S/C15H11BrCl3NOS/c16-11-3-2-10(6-13(11)18)20-15(21)8-22-7-9-1-4-12(17)14(19)5-9/h1-6H,7-8H2,(H,20,21). The number of hydrogen-bond acceptors (Lipinski definition) is 2. The third kappa shape index (κ3) is 5.36. The number of anilines is 1. The van der Waals surface area contributed by atoms with Crippen molar-refractivity contribution in [1.82, 2.24) is 0 Å². The highest BCUT2D eigenvalue weighted by Crippen LogP contribution is 2.26. The molecule has 0 aromatic heterocycles. The van der Waals surface area contributed by atoms with Crippen LogP contribution < -0.4 is 5.32 Å². The molecule has 22 heavy (non-hydrogen) atoms. The summed E-state index contributed by atoms with van der Waals surface area (Å²) in [5.74, 6) is 0.947. The molecule has 0 fully saturated rings. The number of halogens is 4. The molecule has 0 heterocycles. The van der Waals surface area contributed by atoms with Crippen LogP contribution in [-0.4, -0.2) is 11.7 Å². The van der Waals surface area contributed by atoms with Crippen molar-refractivity contribution in [2.75, 3.05) is 11.1 Å². The molecule has 1 amide bonds. The van der Waals surface area contributed by atoms with Crippen LogP contribution in [0.2, 0.25) is 15.1 Å². The Bertz CT molecular complexity index is 696. The van der Waals surface area contributed by atoms with Gasteiger partial charge in [0, 0.05) is 15.9 Å². The molecule has 0 aliphatic heterocycles. The van der Waals surface area contributed by atoms with Crippen molar-refractivity contribution < 1.29 is 4.79 Å². The van der Waals surface area contributed by atoms with Crippen molar-refractivity contribution in [3.05, 3.63) is 61.5 Å². The number of carbonyl (C=O) groups excluding carboxylic acids is 1. The molecule has 1 N–H and O–H groups in total. The van der Waals surface area contributed by atoms with Gasteiger partial charge in [0.2, 0.25) is 5.91 Å². The number of amides is 1. The highest BCUT2D eigenvalue weighted by Gasteiger charge is 2.06. The second-order valence-electron chi connectivity index (χ2n) is 4.42. The molecule has 116 valence electrons. The maximum absolute atomic E-state index is 11.9. The summed E-state index contributed by atoms with van der Waals surface area (Å²) in [5, 5.41) is 4.41. The summed E-state index contributed by atoms with van der Waals surface area (Å²) in [5.41, 5.74) is 1.70. The normalized spacial score (nSPS) is 10.5. The average molecular weight is 440 g/mol. The van der Waals surface area contributed by atoms with Crippen molar-refractivity contribution in [2.24, 2.45) is 0 Å². The maximum atomic E-state index is 11.9. The fourth-order valence-electron chi connectivity index (χ4n) is 1.66. The molecule has 0 saturated heterocycles. The first-order chi connectivity index (χ1) is 10.5. The van der Waals surface area contributed by atoms with Gasteiger partial charge >= 0.3 is 0 Å². The number of hydrogen-bond donors (Lipinski definition) is 1. The summed E-state index contributed by atoms with van der Waals surface area (Å²) in [6.45, 7) is 0. The minimum Gasteiger partial charge on any atom is -0.325 e. The molecule has 0 spiro atoms. The van der Waals surface area contributed by atoms with Gasteiger partial charge in [-0.2, -0.15) is 0 Å². The quantitative estimate of drug-likeness (QED) is 0.594. The highest BCUT2D eigenvalue weighted by atomic mass is 79.9. The number of carbonyl (C=O) groups is 1. The van der Waals surface area contributed by atoms with Crippen LogP contribution in [0.4, 0.5) is 5.69 Å². The summed E-state index contributed by atoms with van der Waals surface area (Å²) in [4.78, 5) is 11.9. The first kappa shape index (κ1) is 18.0. The molecule has 2 nitrogen and oxygen atoms in total. The van der Waals surface area contributed by atoms with Crippen LogP contribution in [0, 0.1) is 0 Å². The van der Waals surface area contributed by atoms with E-state index in [0.29, 0.717) is 32.3 Å². The zero-order chi connectivity index (χ0) is 16.1. The van der Waals surface area contributed by atoms with Gasteiger partial charge in [0.05, 0.1) is 20.8 Å². The van der Waals surface area contributed by atoms with Gasteiger partial charge in [0.1, 0.15) is 0 Å². The first-order valence-corrected chi connectivity index (χ1v) is 9.30. The van der Waals surface area contributed by atoms with E-state index in [-0.39, 0.29) is 5.91 Å². The Hall–Kier alpha value is -0.390. The number of rotatable bonds is 5. The predicted octanol–water partition coefficient (Wildman–Crippen LogP) is 6.28. The zero-order valence-corrected chi connectivity index (χ0v) is 15.9. The molecule has 2 rings (SSSR count). The lowest BCUT2D eigenvalue weighted by Gasteiger charge is -2.07. The molecule has 0 aliphatic carbocycles. The van der Waals surface area contributed by atoms with E-state index >= 15 is 0 Å². The van der Waals surface area contributed by atoms with Crippen molar-refractivity contribution in [3.63, 3.8) is 0 Å². The van der Waals surface area contributed by atoms with Crippen LogP contribution in [0.25, 0.3) is 0 Å². The minimum atomic E-state index is -0.0801. The number of benzene rings is 2. The summed E-state index contributed by atoms with van der Waals surface area (Å²) >= 11 is 22.6. The van der Waals surface area contributed by atoms with Crippen molar-refractivity contribution in [3.8, 4) is 0 Å². The van der Waals surface area contributed by atoms with Crippen LogP contribution in [0.5, 0.6) is 0 Å². The van der Waals surface area contributed by atoms with E-state index in [2.05, 4.69) is 21.2 Å². The topological polar surface area (TPSA) is 29.1 Å².